The molecule has 2 N–H and O–H groups in total. The summed E-state index contributed by atoms with van der Waals surface area (Å²) in [6, 6.07) is 2.97. The second kappa shape index (κ2) is 6.70. The highest BCUT2D eigenvalue weighted by molar-refractivity contribution is 6.40. The highest BCUT2D eigenvalue weighted by Gasteiger charge is 2.32. The third-order valence-corrected chi connectivity index (χ3v) is 4.47. The highest BCUT2D eigenvalue weighted by atomic mass is 19.2. The summed E-state index contributed by atoms with van der Waals surface area (Å²) in [7, 11) is 0. The lowest BCUT2D eigenvalue weighted by Gasteiger charge is -2.18. The number of fused-ring (bicyclic) bond motifs is 1. The molecule has 3 rings (SSSR count). The average molecular weight is 362 g/mol. The third kappa shape index (κ3) is 2.98. The van der Waals surface area contributed by atoms with Crippen LogP contribution in [0.2, 0.25) is 0 Å². The molecule has 0 unspecified atom stereocenters. The molecule has 0 bridgehead atoms. The lowest BCUT2D eigenvalue weighted by Crippen LogP contribution is -2.21. The molecule has 0 saturated heterocycles. The van der Waals surface area contributed by atoms with Crippen molar-refractivity contribution < 1.29 is 28.3 Å². The number of nitrogens with one attached hydrogen (secondary N) is 1. The van der Waals surface area contributed by atoms with Crippen LogP contribution >= 0.6 is 0 Å². The van der Waals surface area contributed by atoms with Gasteiger partial charge in [0.1, 0.15) is 5.69 Å². The number of Topliss-reactive ketones (excluding diaryl/α,β-unsaturated/α-hetero) is 1. The largest absolute Gasteiger partial charge is 0.475 e. The quantitative estimate of drug-likeness (QED) is 0.647. The Morgan fingerprint density at radius 3 is 2.54 bits per heavy atom. The van der Waals surface area contributed by atoms with E-state index in [2.05, 4.69) is 5.32 Å². The number of amides is 1. The standard InChI is InChI=1S/C18H16F2N2O4/c1-9-14(17(24)21-10-5-6-11(19)12(20)8-10)13-4-2-3-7-22(13)15(9)16(23)18(25)26/h5-6,8H,2-4,7H2,1H3,(H,21,24)(H,25,26). The number of carbonyl (C=O) groups is 3. The summed E-state index contributed by atoms with van der Waals surface area (Å²) < 4.78 is 28.0. The van der Waals surface area contributed by atoms with Gasteiger partial charge in [-0.2, -0.15) is 0 Å². The van der Waals surface area contributed by atoms with E-state index in [0.29, 0.717) is 18.7 Å². The molecule has 0 spiro atoms. The number of carbonyl (C=O) groups excluding carboxylic acids is 2. The maximum Gasteiger partial charge on any atom is 0.378 e. The molecular weight excluding hydrogens is 346 g/mol. The number of carboxylic acid groups (broad SMARTS) is 1. The van der Waals surface area contributed by atoms with Crippen molar-refractivity contribution in [2.75, 3.05) is 5.32 Å². The summed E-state index contributed by atoms with van der Waals surface area (Å²) in [6.45, 7) is 1.96. The van der Waals surface area contributed by atoms with Crippen molar-refractivity contribution >= 4 is 23.3 Å². The fourth-order valence-electron chi connectivity index (χ4n) is 3.34. The molecule has 6 nitrogen and oxygen atoms in total. The first-order valence-electron chi connectivity index (χ1n) is 8.07. The number of rotatable bonds is 4. The van der Waals surface area contributed by atoms with Gasteiger partial charge in [0, 0.05) is 24.0 Å². The van der Waals surface area contributed by atoms with Crippen LogP contribution in [0, 0.1) is 18.6 Å². The highest BCUT2D eigenvalue weighted by Crippen LogP contribution is 2.29. The van der Waals surface area contributed by atoms with Crippen LogP contribution in [-0.2, 0) is 17.8 Å². The Kier molecular flexibility index (Phi) is 4.58. The van der Waals surface area contributed by atoms with E-state index in [4.69, 9.17) is 5.11 Å². The zero-order valence-electron chi connectivity index (χ0n) is 13.9. The van der Waals surface area contributed by atoms with E-state index in [0.717, 1.165) is 25.0 Å². The molecule has 1 amide bonds. The molecule has 0 saturated carbocycles. The molecule has 2 aromatic rings. The second-order valence-electron chi connectivity index (χ2n) is 6.12. The smallest absolute Gasteiger partial charge is 0.378 e. The maximum atomic E-state index is 13.3. The van der Waals surface area contributed by atoms with Crippen molar-refractivity contribution in [1.82, 2.24) is 4.57 Å². The number of halogens is 2. The molecule has 26 heavy (non-hydrogen) atoms. The van der Waals surface area contributed by atoms with Crippen LogP contribution < -0.4 is 5.32 Å². The minimum atomic E-state index is -1.59. The molecule has 0 atom stereocenters. The van der Waals surface area contributed by atoms with Gasteiger partial charge in [-0.05, 0) is 43.9 Å². The SMILES string of the molecule is Cc1c(C(=O)Nc2ccc(F)c(F)c2)c2n(c1C(=O)C(=O)O)CCCC2. The number of benzene rings is 1. The summed E-state index contributed by atoms with van der Waals surface area (Å²) in [4.78, 5) is 35.9. The van der Waals surface area contributed by atoms with Crippen LogP contribution in [0.1, 0.15) is 44.9 Å². The van der Waals surface area contributed by atoms with Crippen LogP contribution in [0.25, 0.3) is 0 Å². The molecule has 1 aliphatic heterocycles. The molecule has 1 aliphatic rings. The number of aromatic nitrogens is 1. The molecule has 2 heterocycles. The van der Waals surface area contributed by atoms with Crippen molar-refractivity contribution in [1.29, 1.82) is 0 Å². The number of nitrogens with zero attached hydrogens (tertiary/aromatic N) is 1. The van der Waals surface area contributed by atoms with Crippen LogP contribution in [0.4, 0.5) is 14.5 Å². The van der Waals surface area contributed by atoms with E-state index in [1.54, 1.807) is 4.57 Å². The Balaban J connectivity index is 2.03. The van der Waals surface area contributed by atoms with Crippen molar-refractivity contribution in [3.05, 3.63) is 52.3 Å². The first-order valence-corrected chi connectivity index (χ1v) is 8.07. The lowest BCUT2D eigenvalue weighted by atomic mass is 10.0. The molecule has 0 radical (unpaired) electrons. The topological polar surface area (TPSA) is 88.4 Å². The third-order valence-electron chi connectivity index (χ3n) is 4.47. The molecule has 0 fully saturated rings. The van der Waals surface area contributed by atoms with E-state index in [1.807, 2.05) is 0 Å². The van der Waals surface area contributed by atoms with E-state index >= 15 is 0 Å². The molecule has 8 heteroatoms. The zero-order chi connectivity index (χ0) is 19.0. The number of ketones is 1. The molecule has 136 valence electrons. The number of carboxylic acids is 1. The predicted octanol–water partition coefficient (Wildman–Crippen LogP) is 2.93. The van der Waals surface area contributed by atoms with Crippen molar-refractivity contribution in [3.63, 3.8) is 0 Å². The summed E-state index contributed by atoms with van der Waals surface area (Å²) in [5.74, 6) is -5.39. The monoisotopic (exact) mass is 362 g/mol. The van der Waals surface area contributed by atoms with Gasteiger partial charge in [0.05, 0.1) is 5.56 Å². The van der Waals surface area contributed by atoms with Gasteiger partial charge in [0.2, 0.25) is 0 Å². The number of anilines is 1. The normalized spacial score (nSPS) is 13.2. The fourth-order valence-corrected chi connectivity index (χ4v) is 3.34. The second-order valence-corrected chi connectivity index (χ2v) is 6.12. The van der Waals surface area contributed by atoms with E-state index < -0.39 is 29.3 Å². The number of hydrogen-bond donors (Lipinski definition) is 2. The van der Waals surface area contributed by atoms with Gasteiger partial charge in [-0.25, -0.2) is 13.6 Å². The van der Waals surface area contributed by atoms with Gasteiger partial charge in [-0.3, -0.25) is 9.59 Å². The molecular formula is C18H16F2N2O4. The zero-order valence-corrected chi connectivity index (χ0v) is 13.9. The van der Waals surface area contributed by atoms with Crippen LogP contribution in [0.5, 0.6) is 0 Å². The van der Waals surface area contributed by atoms with Crippen LogP contribution in [0.3, 0.4) is 0 Å². The van der Waals surface area contributed by atoms with Crippen LogP contribution in [0.15, 0.2) is 18.2 Å². The summed E-state index contributed by atoms with van der Waals surface area (Å²) in [6.07, 6.45) is 2.09. The molecule has 0 aliphatic carbocycles. The Morgan fingerprint density at radius 1 is 1.15 bits per heavy atom. The van der Waals surface area contributed by atoms with Crippen LogP contribution in [-0.4, -0.2) is 27.3 Å². The van der Waals surface area contributed by atoms with Gasteiger partial charge in [-0.1, -0.05) is 0 Å². The summed E-state index contributed by atoms with van der Waals surface area (Å²) in [5, 5.41) is 11.5. The predicted molar refractivity (Wildman–Crippen MR) is 88.4 cm³/mol. The number of hydrogen-bond acceptors (Lipinski definition) is 3. The van der Waals surface area contributed by atoms with Crippen molar-refractivity contribution in [2.45, 2.75) is 32.7 Å². The summed E-state index contributed by atoms with van der Waals surface area (Å²) >= 11 is 0. The van der Waals surface area contributed by atoms with Gasteiger partial charge in [-0.15, -0.1) is 0 Å². The average Bonchev–Trinajstić information content (AvgIpc) is 2.89. The van der Waals surface area contributed by atoms with Gasteiger partial charge >= 0.3 is 5.97 Å². The molecule has 1 aromatic carbocycles. The maximum absolute atomic E-state index is 13.3. The van der Waals surface area contributed by atoms with E-state index in [9.17, 15) is 23.2 Å². The van der Waals surface area contributed by atoms with E-state index in [1.165, 1.54) is 13.0 Å². The Labute approximate surface area is 147 Å². The Hall–Kier alpha value is -3.03. The van der Waals surface area contributed by atoms with Gasteiger partial charge < -0.3 is 15.0 Å². The Bertz CT molecular complexity index is 934. The minimum absolute atomic E-state index is 0.0114. The van der Waals surface area contributed by atoms with Crippen molar-refractivity contribution in [2.24, 2.45) is 0 Å². The first kappa shape index (κ1) is 17.8. The number of aliphatic carboxylic acids is 1. The van der Waals surface area contributed by atoms with Crippen molar-refractivity contribution in [3.8, 4) is 0 Å². The van der Waals surface area contributed by atoms with E-state index in [-0.39, 0.29) is 22.5 Å². The lowest BCUT2D eigenvalue weighted by molar-refractivity contribution is -0.131. The molecule has 1 aromatic heterocycles. The minimum Gasteiger partial charge on any atom is -0.475 e. The van der Waals surface area contributed by atoms with Gasteiger partial charge in [0.15, 0.2) is 11.6 Å². The fraction of sp³-hybridized carbons (Fsp3) is 0.278. The first-order chi connectivity index (χ1) is 12.3. The Morgan fingerprint density at radius 2 is 1.88 bits per heavy atom. The summed E-state index contributed by atoms with van der Waals surface area (Å²) in [5.41, 5.74) is 1.12. The van der Waals surface area contributed by atoms with Gasteiger partial charge in [0.25, 0.3) is 11.7 Å².